The van der Waals surface area contributed by atoms with E-state index in [1.54, 1.807) is 44.6 Å². The number of carbonyl (C=O) groups excluding carboxylic acids is 2. The quantitative estimate of drug-likeness (QED) is 0.552. The van der Waals surface area contributed by atoms with Crippen LogP contribution in [0.5, 0.6) is 0 Å². The molecule has 0 unspecified atom stereocenters. The topological polar surface area (TPSA) is 119 Å². The summed E-state index contributed by atoms with van der Waals surface area (Å²) in [6, 6.07) is 4.60. The molecule has 0 spiro atoms. The van der Waals surface area contributed by atoms with Gasteiger partial charge in [-0.05, 0) is 37.5 Å². The molecule has 184 valence electrons. The highest BCUT2D eigenvalue weighted by Crippen LogP contribution is 2.40. The van der Waals surface area contributed by atoms with Crippen LogP contribution in [0.1, 0.15) is 38.8 Å². The first-order valence-corrected chi connectivity index (χ1v) is 13.3. The second kappa shape index (κ2) is 10.1. The highest BCUT2D eigenvalue weighted by molar-refractivity contribution is 7.89. The van der Waals surface area contributed by atoms with Crippen molar-refractivity contribution in [1.29, 1.82) is 0 Å². The third kappa shape index (κ3) is 4.67. The average Bonchev–Trinajstić information content (AvgIpc) is 3.35. The number of piperidine rings is 1. The molecular formula is C23H32N6O4S. The number of amides is 2. The number of H-pyrrole nitrogens is 1. The Morgan fingerprint density at radius 2 is 2.03 bits per heavy atom. The summed E-state index contributed by atoms with van der Waals surface area (Å²) >= 11 is 0. The lowest BCUT2D eigenvalue weighted by atomic mass is 9.96. The van der Waals surface area contributed by atoms with Gasteiger partial charge in [0, 0.05) is 44.5 Å². The van der Waals surface area contributed by atoms with Crippen LogP contribution in [0.3, 0.4) is 0 Å². The van der Waals surface area contributed by atoms with Gasteiger partial charge in [0.1, 0.15) is 12.6 Å². The number of carbonyl (C=O) groups is 2. The second-order valence-electron chi connectivity index (χ2n) is 8.55. The molecule has 0 bridgehead atoms. The van der Waals surface area contributed by atoms with Gasteiger partial charge in [0.25, 0.3) is 0 Å². The zero-order valence-corrected chi connectivity index (χ0v) is 20.5. The van der Waals surface area contributed by atoms with Crippen LogP contribution in [-0.4, -0.2) is 73.3 Å². The monoisotopic (exact) mass is 488 g/mol. The van der Waals surface area contributed by atoms with Crippen molar-refractivity contribution in [3.8, 4) is 0 Å². The lowest BCUT2D eigenvalue weighted by molar-refractivity contribution is -0.124. The molecule has 2 aliphatic rings. The second-order valence-corrected chi connectivity index (χ2v) is 10.5. The number of hydrogen-bond acceptors (Lipinski definition) is 6. The first-order valence-electron chi connectivity index (χ1n) is 11.8. The first-order chi connectivity index (χ1) is 16.4. The standard InChI is InChI=1S/C23H32N6O4S/c1-3-27(4-2)34(32,33)18-8-9-19-21(13-18)29(23(31)20-7-5-6-12-28(19)20)15-22(30)25-11-10-17-14-24-16-26-17/h8-9,13-14,16,20H,3-7,10-12,15H2,1-2H3,(H,24,26)(H,25,30)/t20-/m0/s1. The summed E-state index contributed by atoms with van der Waals surface area (Å²) in [6.07, 6.45) is 6.51. The van der Waals surface area contributed by atoms with Crippen molar-refractivity contribution in [3.63, 3.8) is 0 Å². The zero-order valence-electron chi connectivity index (χ0n) is 19.7. The molecule has 34 heavy (non-hydrogen) atoms. The van der Waals surface area contributed by atoms with Crippen LogP contribution in [0, 0.1) is 0 Å². The molecule has 4 rings (SSSR count). The van der Waals surface area contributed by atoms with Crippen molar-refractivity contribution >= 4 is 33.2 Å². The fourth-order valence-electron chi connectivity index (χ4n) is 4.73. The Morgan fingerprint density at radius 3 is 2.74 bits per heavy atom. The van der Waals surface area contributed by atoms with Crippen LogP contribution in [0.15, 0.2) is 35.6 Å². The average molecular weight is 489 g/mol. The van der Waals surface area contributed by atoms with Crippen molar-refractivity contribution in [2.24, 2.45) is 0 Å². The molecule has 2 amide bonds. The van der Waals surface area contributed by atoms with Crippen LogP contribution in [0.2, 0.25) is 0 Å². The van der Waals surface area contributed by atoms with E-state index in [2.05, 4.69) is 20.2 Å². The molecule has 0 radical (unpaired) electrons. The summed E-state index contributed by atoms with van der Waals surface area (Å²) < 4.78 is 27.7. The maximum atomic E-state index is 13.5. The Balaban J connectivity index is 1.62. The van der Waals surface area contributed by atoms with Gasteiger partial charge in [-0.3, -0.25) is 14.5 Å². The lowest BCUT2D eigenvalue weighted by Crippen LogP contribution is -2.57. The summed E-state index contributed by atoms with van der Waals surface area (Å²) in [4.78, 5) is 36.8. The summed E-state index contributed by atoms with van der Waals surface area (Å²) in [7, 11) is -3.71. The maximum Gasteiger partial charge on any atom is 0.250 e. The minimum atomic E-state index is -3.71. The van der Waals surface area contributed by atoms with Gasteiger partial charge in [-0.2, -0.15) is 4.31 Å². The molecule has 1 atom stereocenters. The van der Waals surface area contributed by atoms with Crippen molar-refractivity contribution in [2.45, 2.75) is 50.5 Å². The molecule has 1 fully saturated rings. The Bertz CT molecular complexity index is 1130. The Kier molecular flexibility index (Phi) is 7.22. The molecule has 1 saturated heterocycles. The summed E-state index contributed by atoms with van der Waals surface area (Å²) in [5.41, 5.74) is 2.18. The van der Waals surface area contributed by atoms with Gasteiger partial charge in [-0.15, -0.1) is 0 Å². The van der Waals surface area contributed by atoms with Gasteiger partial charge < -0.3 is 15.2 Å². The molecule has 2 aliphatic heterocycles. The van der Waals surface area contributed by atoms with Crippen LogP contribution in [-0.2, 0) is 26.0 Å². The molecule has 0 aliphatic carbocycles. The van der Waals surface area contributed by atoms with E-state index in [0.717, 1.165) is 37.2 Å². The third-order valence-electron chi connectivity index (χ3n) is 6.52. The molecule has 1 aromatic carbocycles. The number of imidazole rings is 1. The van der Waals surface area contributed by atoms with Crippen LogP contribution < -0.4 is 15.1 Å². The first kappa shape index (κ1) is 24.2. The minimum absolute atomic E-state index is 0.128. The van der Waals surface area contributed by atoms with Crippen LogP contribution in [0.4, 0.5) is 11.4 Å². The van der Waals surface area contributed by atoms with E-state index >= 15 is 0 Å². The van der Waals surface area contributed by atoms with Crippen molar-refractivity contribution in [1.82, 2.24) is 19.6 Å². The Morgan fingerprint density at radius 1 is 1.24 bits per heavy atom. The third-order valence-corrected chi connectivity index (χ3v) is 8.56. The van der Waals surface area contributed by atoms with E-state index in [4.69, 9.17) is 0 Å². The maximum absolute atomic E-state index is 13.5. The molecule has 11 heteroatoms. The van der Waals surface area contributed by atoms with E-state index < -0.39 is 10.0 Å². The fraction of sp³-hybridized carbons (Fsp3) is 0.522. The summed E-state index contributed by atoms with van der Waals surface area (Å²) in [5, 5.41) is 2.85. The number of benzene rings is 1. The van der Waals surface area contributed by atoms with Gasteiger partial charge >= 0.3 is 0 Å². The predicted molar refractivity (Wildman–Crippen MR) is 129 cm³/mol. The smallest absolute Gasteiger partial charge is 0.250 e. The van der Waals surface area contributed by atoms with Gasteiger partial charge in [-0.25, -0.2) is 13.4 Å². The molecule has 2 N–H and O–H groups in total. The number of nitrogens with zero attached hydrogens (tertiary/aromatic N) is 4. The number of sulfonamides is 1. The number of nitrogens with one attached hydrogen (secondary N) is 2. The number of rotatable bonds is 9. The normalized spacial score (nSPS) is 18.1. The van der Waals surface area contributed by atoms with Crippen molar-refractivity contribution in [3.05, 3.63) is 36.4 Å². The van der Waals surface area contributed by atoms with E-state index in [9.17, 15) is 18.0 Å². The number of aromatic amines is 1. The Labute approximate surface area is 200 Å². The molecule has 1 aromatic heterocycles. The van der Waals surface area contributed by atoms with Gasteiger partial charge in [0.15, 0.2) is 0 Å². The SMILES string of the molecule is CCN(CC)S(=O)(=O)c1ccc2c(c1)N(CC(=O)NCCc1cnc[nH]1)C(=O)[C@@H]1CCCCN21. The largest absolute Gasteiger partial charge is 0.358 e. The van der Waals surface area contributed by atoms with E-state index in [0.29, 0.717) is 31.7 Å². The molecule has 3 heterocycles. The number of anilines is 2. The molecule has 0 saturated carbocycles. The van der Waals surface area contributed by atoms with Crippen LogP contribution in [0.25, 0.3) is 0 Å². The van der Waals surface area contributed by atoms with Gasteiger partial charge in [0.05, 0.1) is 22.6 Å². The van der Waals surface area contributed by atoms with Gasteiger partial charge in [-0.1, -0.05) is 13.8 Å². The van der Waals surface area contributed by atoms with Crippen LogP contribution >= 0.6 is 0 Å². The number of fused-ring (bicyclic) bond motifs is 3. The molecule has 2 aromatic rings. The summed E-state index contributed by atoms with van der Waals surface area (Å²) in [5.74, 6) is -0.451. The molecular weight excluding hydrogens is 456 g/mol. The van der Waals surface area contributed by atoms with E-state index in [1.807, 2.05) is 0 Å². The van der Waals surface area contributed by atoms with E-state index in [1.165, 1.54) is 9.21 Å². The van der Waals surface area contributed by atoms with E-state index in [-0.39, 0.29) is 29.3 Å². The number of aromatic nitrogens is 2. The lowest BCUT2D eigenvalue weighted by Gasteiger charge is -2.45. The highest BCUT2D eigenvalue weighted by Gasteiger charge is 2.40. The van der Waals surface area contributed by atoms with Gasteiger partial charge in [0.2, 0.25) is 21.8 Å². The zero-order chi connectivity index (χ0) is 24.3. The van der Waals surface area contributed by atoms with Crippen molar-refractivity contribution < 1.29 is 18.0 Å². The fourth-order valence-corrected chi connectivity index (χ4v) is 6.21. The summed E-state index contributed by atoms with van der Waals surface area (Å²) in [6.45, 7) is 5.27. The molecule has 10 nitrogen and oxygen atoms in total. The Hall–Kier alpha value is -2.92. The predicted octanol–water partition coefficient (Wildman–Crippen LogP) is 1.50. The highest BCUT2D eigenvalue weighted by atomic mass is 32.2. The number of hydrogen-bond donors (Lipinski definition) is 2. The minimum Gasteiger partial charge on any atom is -0.358 e. The van der Waals surface area contributed by atoms with Crippen molar-refractivity contribution in [2.75, 3.05) is 42.5 Å².